The van der Waals surface area contributed by atoms with Crippen molar-refractivity contribution in [2.75, 3.05) is 5.32 Å². The second-order valence-electron chi connectivity index (χ2n) is 3.40. The summed E-state index contributed by atoms with van der Waals surface area (Å²) >= 11 is 1.49. The molecular formula is C11H8N4OS. The molecule has 0 radical (unpaired) electrons. The maximum atomic E-state index is 11.9. The monoisotopic (exact) mass is 244 g/mol. The van der Waals surface area contributed by atoms with E-state index in [0.717, 1.165) is 0 Å². The lowest BCUT2D eigenvalue weighted by Crippen LogP contribution is -2.14. The van der Waals surface area contributed by atoms with Crippen molar-refractivity contribution in [1.29, 1.82) is 0 Å². The summed E-state index contributed by atoms with van der Waals surface area (Å²) < 4.78 is 1.59. The number of rotatable bonds is 2. The molecule has 17 heavy (non-hydrogen) atoms. The number of hydrogen-bond donors (Lipinski definition) is 1. The van der Waals surface area contributed by atoms with E-state index in [4.69, 9.17) is 0 Å². The number of aromatic nitrogens is 3. The molecule has 0 saturated heterocycles. The number of carbonyl (C=O) groups is 1. The van der Waals surface area contributed by atoms with Crippen LogP contribution in [0.4, 0.5) is 5.82 Å². The third-order valence-corrected chi connectivity index (χ3v) is 3.00. The van der Waals surface area contributed by atoms with Gasteiger partial charge in [0, 0.05) is 17.6 Å². The standard InChI is InChI=1S/C11H8N4OS/c16-11(8-3-6-17-7-8)14-10-1-4-12-9-2-5-13-15(9)10/h1-7H,(H,14,16). The van der Waals surface area contributed by atoms with Gasteiger partial charge in [-0.1, -0.05) is 0 Å². The number of carbonyl (C=O) groups excluding carboxylic acids is 1. The van der Waals surface area contributed by atoms with Crippen LogP contribution in [0.15, 0.2) is 41.4 Å². The zero-order valence-electron chi connectivity index (χ0n) is 8.70. The molecule has 0 atom stereocenters. The Morgan fingerprint density at radius 2 is 2.24 bits per heavy atom. The summed E-state index contributed by atoms with van der Waals surface area (Å²) in [6.07, 6.45) is 3.28. The third-order valence-electron chi connectivity index (χ3n) is 2.32. The molecule has 0 aliphatic carbocycles. The molecule has 0 aliphatic rings. The van der Waals surface area contributed by atoms with E-state index in [1.54, 1.807) is 40.5 Å². The molecule has 3 rings (SSSR count). The van der Waals surface area contributed by atoms with Crippen molar-refractivity contribution in [1.82, 2.24) is 14.6 Å². The van der Waals surface area contributed by atoms with Crippen LogP contribution < -0.4 is 5.32 Å². The lowest BCUT2D eigenvalue weighted by Gasteiger charge is -2.05. The number of anilines is 1. The zero-order chi connectivity index (χ0) is 11.7. The van der Waals surface area contributed by atoms with E-state index in [2.05, 4.69) is 15.4 Å². The van der Waals surface area contributed by atoms with Gasteiger partial charge >= 0.3 is 0 Å². The molecule has 3 heterocycles. The first kappa shape index (κ1) is 9.98. The maximum absolute atomic E-state index is 11.9. The van der Waals surface area contributed by atoms with Crippen LogP contribution in [-0.2, 0) is 0 Å². The van der Waals surface area contributed by atoms with Crippen LogP contribution in [0.2, 0.25) is 0 Å². The van der Waals surface area contributed by atoms with Crippen LogP contribution in [0.5, 0.6) is 0 Å². The van der Waals surface area contributed by atoms with Gasteiger partial charge in [0.2, 0.25) is 0 Å². The number of thiophene rings is 1. The Labute approximate surface area is 101 Å². The first-order valence-corrected chi connectivity index (χ1v) is 5.91. The number of nitrogens with one attached hydrogen (secondary N) is 1. The quantitative estimate of drug-likeness (QED) is 0.750. The van der Waals surface area contributed by atoms with Gasteiger partial charge < -0.3 is 5.32 Å². The predicted octanol–water partition coefficient (Wildman–Crippen LogP) is 2.04. The van der Waals surface area contributed by atoms with Gasteiger partial charge in [0.1, 0.15) is 5.82 Å². The number of nitrogens with zero attached hydrogens (tertiary/aromatic N) is 3. The Bertz CT molecular complexity index is 659. The number of amides is 1. The van der Waals surface area contributed by atoms with E-state index in [9.17, 15) is 4.79 Å². The van der Waals surface area contributed by atoms with Gasteiger partial charge in [-0.25, -0.2) is 4.98 Å². The van der Waals surface area contributed by atoms with Crippen LogP contribution in [0.25, 0.3) is 5.65 Å². The first-order chi connectivity index (χ1) is 8.34. The summed E-state index contributed by atoms with van der Waals surface area (Å²) in [5, 5.41) is 10.6. The largest absolute Gasteiger partial charge is 0.306 e. The molecule has 0 fully saturated rings. The lowest BCUT2D eigenvalue weighted by atomic mass is 10.3. The normalized spacial score (nSPS) is 10.6. The minimum absolute atomic E-state index is 0.144. The fourth-order valence-corrected chi connectivity index (χ4v) is 2.15. The zero-order valence-corrected chi connectivity index (χ0v) is 9.52. The Morgan fingerprint density at radius 3 is 3.06 bits per heavy atom. The van der Waals surface area contributed by atoms with Crippen molar-refractivity contribution in [2.24, 2.45) is 0 Å². The van der Waals surface area contributed by atoms with E-state index in [1.807, 2.05) is 5.38 Å². The lowest BCUT2D eigenvalue weighted by molar-refractivity contribution is 0.102. The molecule has 0 spiro atoms. The van der Waals surface area contributed by atoms with Gasteiger partial charge in [-0.2, -0.15) is 21.0 Å². The van der Waals surface area contributed by atoms with E-state index in [0.29, 0.717) is 17.0 Å². The molecule has 3 aromatic heterocycles. The SMILES string of the molecule is O=C(Nc1ccnc2ccnn12)c1ccsc1. The smallest absolute Gasteiger partial charge is 0.257 e. The predicted molar refractivity (Wildman–Crippen MR) is 65.3 cm³/mol. The van der Waals surface area contributed by atoms with Crippen LogP contribution >= 0.6 is 11.3 Å². The van der Waals surface area contributed by atoms with Crippen molar-refractivity contribution in [3.63, 3.8) is 0 Å². The summed E-state index contributed by atoms with van der Waals surface area (Å²) in [4.78, 5) is 16.0. The van der Waals surface area contributed by atoms with Gasteiger partial charge in [0.05, 0.1) is 11.8 Å². The average molecular weight is 244 g/mol. The second-order valence-corrected chi connectivity index (χ2v) is 4.18. The van der Waals surface area contributed by atoms with Gasteiger partial charge in [-0.15, -0.1) is 0 Å². The number of fused-ring (bicyclic) bond motifs is 1. The average Bonchev–Trinajstić information content (AvgIpc) is 3.00. The highest BCUT2D eigenvalue weighted by molar-refractivity contribution is 7.08. The Hall–Kier alpha value is -2.21. The molecule has 1 amide bonds. The van der Waals surface area contributed by atoms with Crippen molar-refractivity contribution in [3.8, 4) is 0 Å². The van der Waals surface area contributed by atoms with Crippen LogP contribution in [-0.4, -0.2) is 20.5 Å². The molecular weight excluding hydrogens is 236 g/mol. The molecule has 0 aliphatic heterocycles. The van der Waals surface area contributed by atoms with Gasteiger partial charge in [-0.3, -0.25) is 4.79 Å². The summed E-state index contributed by atoms with van der Waals surface area (Å²) in [5.74, 6) is 0.463. The fraction of sp³-hybridized carbons (Fsp3) is 0. The van der Waals surface area contributed by atoms with Crippen molar-refractivity contribution in [2.45, 2.75) is 0 Å². The van der Waals surface area contributed by atoms with Gasteiger partial charge in [0.15, 0.2) is 5.65 Å². The molecule has 5 nitrogen and oxygen atoms in total. The van der Waals surface area contributed by atoms with E-state index < -0.39 is 0 Å². The van der Waals surface area contributed by atoms with Crippen LogP contribution in [0.1, 0.15) is 10.4 Å². The van der Waals surface area contributed by atoms with Gasteiger partial charge in [0.25, 0.3) is 5.91 Å². The van der Waals surface area contributed by atoms with E-state index in [1.165, 1.54) is 11.3 Å². The van der Waals surface area contributed by atoms with Crippen LogP contribution in [0.3, 0.4) is 0 Å². The maximum Gasteiger partial charge on any atom is 0.257 e. The fourth-order valence-electron chi connectivity index (χ4n) is 1.51. The molecule has 0 aromatic carbocycles. The van der Waals surface area contributed by atoms with Crippen molar-refractivity contribution in [3.05, 3.63) is 46.9 Å². The first-order valence-electron chi connectivity index (χ1n) is 4.97. The molecule has 0 unspecified atom stereocenters. The van der Waals surface area contributed by atoms with E-state index in [-0.39, 0.29) is 5.91 Å². The molecule has 84 valence electrons. The second kappa shape index (κ2) is 3.99. The highest BCUT2D eigenvalue weighted by Gasteiger charge is 2.08. The summed E-state index contributed by atoms with van der Waals surface area (Å²) in [6, 6.07) is 5.27. The minimum atomic E-state index is -0.144. The number of hydrogen-bond acceptors (Lipinski definition) is 4. The summed E-state index contributed by atoms with van der Waals surface area (Å²) in [7, 11) is 0. The third kappa shape index (κ3) is 1.78. The highest BCUT2D eigenvalue weighted by Crippen LogP contribution is 2.12. The minimum Gasteiger partial charge on any atom is -0.306 e. The Morgan fingerprint density at radius 1 is 1.29 bits per heavy atom. The molecule has 6 heteroatoms. The van der Waals surface area contributed by atoms with Crippen LogP contribution in [0, 0.1) is 0 Å². The summed E-state index contributed by atoms with van der Waals surface area (Å²) in [5.41, 5.74) is 1.35. The molecule has 1 N–H and O–H groups in total. The molecule has 0 bridgehead atoms. The van der Waals surface area contributed by atoms with Crippen molar-refractivity contribution < 1.29 is 4.79 Å². The summed E-state index contributed by atoms with van der Waals surface area (Å²) in [6.45, 7) is 0. The topological polar surface area (TPSA) is 59.3 Å². The Kier molecular flexibility index (Phi) is 2.34. The van der Waals surface area contributed by atoms with Gasteiger partial charge in [-0.05, 0) is 17.5 Å². The van der Waals surface area contributed by atoms with Crippen molar-refractivity contribution >= 4 is 28.7 Å². The highest BCUT2D eigenvalue weighted by atomic mass is 32.1. The Balaban J connectivity index is 1.95. The molecule has 0 saturated carbocycles. The van der Waals surface area contributed by atoms with E-state index >= 15 is 0 Å². The molecule has 3 aromatic rings.